The summed E-state index contributed by atoms with van der Waals surface area (Å²) in [6, 6.07) is 2.39. The quantitative estimate of drug-likeness (QED) is 0.908. The van der Waals surface area contributed by atoms with Gasteiger partial charge in [0.25, 0.3) is 0 Å². The highest BCUT2D eigenvalue weighted by molar-refractivity contribution is 7.99. The number of hydrogen-bond acceptors (Lipinski definition) is 4. The molecule has 1 fully saturated rings. The van der Waals surface area contributed by atoms with Crippen molar-refractivity contribution in [3.8, 4) is 6.07 Å². The van der Waals surface area contributed by atoms with Gasteiger partial charge in [0.2, 0.25) is 0 Å². The maximum atomic E-state index is 11.5. The monoisotopic (exact) mass is 266 g/mol. The summed E-state index contributed by atoms with van der Waals surface area (Å²) in [4.78, 5) is 11.5. The topological polar surface area (TPSA) is 74.5 Å². The van der Waals surface area contributed by atoms with E-state index in [0.29, 0.717) is 17.6 Å². The Morgan fingerprint density at radius 3 is 3.06 bits per heavy atom. The van der Waals surface area contributed by atoms with Crippen molar-refractivity contribution >= 4 is 11.8 Å². The van der Waals surface area contributed by atoms with Crippen molar-refractivity contribution in [3.05, 3.63) is 10.5 Å². The molecule has 0 aliphatic heterocycles. The summed E-state index contributed by atoms with van der Waals surface area (Å²) in [6.45, 7) is 4.75. The van der Waals surface area contributed by atoms with Gasteiger partial charge in [0, 0.05) is 11.8 Å². The van der Waals surface area contributed by atoms with Crippen LogP contribution in [0.5, 0.6) is 0 Å². The zero-order valence-electron chi connectivity index (χ0n) is 10.7. The van der Waals surface area contributed by atoms with E-state index >= 15 is 0 Å². The molecule has 6 heteroatoms. The minimum Gasteiger partial charge on any atom is -0.270 e. The molecule has 0 radical (unpaired) electrons. The summed E-state index contributed by atoms with van der Waals surface area (Å²) >= 11 is 1.57. The van der Waals surface area contributed by atoms with Gasteiger partial charge in [-0.05, 0) is 32.1 Å². The molecule has 1 aromatic heterocycles. The summed E-state index contributed by atoms with van der Waals surface area (Å²) in [5.41, 5.74) is -0.169. The van der Waals surface area contributed by atoms with Crippen molar-refractivity contribution in [1.29, 1.82) is 5.26 Å². The molecule has 2 rings (SSSR count). The molecule has 3 unspecified atom stereocenters. The Hall–Kier alpha value is -1.22. The Balaban J connectivity index is 2.16. The Bertz CT molecular complexity index is 501. The molecule has 18 heavy (non-hydrogen) atoms. The van der Waals surface area contributed by atoms with E-state index in [1.807, 2.05) is 6.92 Å². The van der Waals surface area contributed by atoms with E-state index in [0.717, 1.165) is 19.3 Å². The van der Waals surface area contributed by atoms with E-state index in [9.17, 15) is 10.1 Å². The lowest BCUT2D eigenvalue weighted by molar-refractivity contribution is 0.345. The van der Waals surface area contributed by atoms with Gasteiger partial charge in [0.1, 0.15) is 0 Å². The highest BCUT2D eigenvalue weighted by atomic mass is 32.2. The highest BCUT2D eigenvalue weighted by Crippen LogP contribution is 2.38. The predicted molar refractivity (Wildman–Crippen MR) is 70.3 cm³/mol. The number of thioether (sulfide) groups is 1. The van der Waals surface area contributed by atoms with Gasteiger partial charge in [0.05, 0.1) is 12.0 Å². The Morgan fingerprint density at radius 2 is 2.39 bits per heavy atom. The smallest absolute Gasteiger partial charge is 0.270 e. The minimum atomic E-state index is -0.169. The van der Waals surface area contributed by atoms with Crippen molar-refractivity contribution in [2.24, 2.45) is 11.8 Å². The fraction of sp³-hybridized carbons (Fsp3) is 0.750. The molecule has 0 aromatic carbocycles. The van der Waals surface area contributed by atoms with Crippen LogP contribution < -0.4 is 5.69 Å². The van der Waals surface area contributed by atoms with Gasteiger partial charge in [-0.3, -0.25) is 4.57 Å². The molecule has 0 spiro atoms. The van der Waals surface area contributed by atoms with E-state index in [1.165, 1.54) is 0 Å². The van der Waals surface area contributed by atoms with Gasteiger partial charge in [-0.1, -0.05) is 18.7 Å². The standard InChI is InChI=1S/C12H18N4OS/c1-3-16-11(17)14-15-12(16)18-10-6-8(2)4-5-9(10)7-13/h8-10H,3-6H2,1-2H3,(H,14,17). The van der Waals surface area contributed by atoms with E-state index in [2.05, 4.69) is 23.2 Å². The highest BCUT2D eigenvalue weighted by Gasteiger charge is 2.30. The first kappa shape index (κ1) is 13.2. The van der Waals surface area contributed by atoms with E-state index in [4.69, 9.17) is 0 Å². The summed E-state index contributed by atoms with van der Waals surface area (Å²) in [6.07, 6.45) is 3.10. The van der Waals surface area contributed by atoms with Crippen LogP contribution in [0.2, 0.25) is 0 Å². The van der Waals surface area contributed by atoms with E-state index in [1.54, 1.807) is 16.3 Å². The number of hydrogen-bond donors (Lipinski definition) is 1. The maximum Gasteiger partial charge on any atom is 0.343 e. The lowest BCUT2D eigenvalue weighted by atomic mass is 9.83. The second-order valence-corrected chi connectivity index (χ2v) is 6.07. The normalized spacial score (nSPS) is 27.9. The van der Waals surface area contributed by atoms with Crippen LogP contribution in [0.1, 0.15) is 33.1 Å². The first-order chi connectivity index (χ1) is 8.65. The molecule has 1 aromatic rings. The lowest BCUT2D eigenvalue weighted by Crippen LogP contribution is -2.26. The van der Waals surface area contributed by atoms with Gasteiger partial charge in [-0.25, -0.2) is 9.89 Å². The fourth-order valence-corrected chi connectivity index (χ4v) is 3.91. The Morgan fingerprint density at radius 1 is 1.61 bits per heavy atom. The molecule has 0 bridgehead atoms. The summed E-state index contributed by atoms with van der Waals surface area (Å²) in [5.74, 6) is 0.719. The Labute approximate surface area is 111 Å². The van der Waals surface area contributed by atoms with Gasteiger partial charge in [-0.15, -0.1) is 5.10 Å². The summed E-state index contributed by atoms with van der Waals surface area (Å²) in [5, 5.41) is 16.7. The maximum absolute atomic E-state index is 11.5. The van der Waals surface area contributed by atoms with Crippen LogP contribution in [-0.2, 0) is 6.54 Å². The summed E-state index contributed by atoms with van der Waals surface area (Å²) in [7, 11) is 0. The predicted octanol–water partition coefficient (Wildman–Crippen LogP) is 2.01. The molecule has 1 N–H and O–H groups in total. The molecule has 0 saturated heterocycles. The first-order valence-corrected chi connectivity index (χ1v) is 7.25. The number of H-pyrrole nitrogens is 1. The van der Waals surface area contributed by atoms with Crippen molar-refractivity contribution in [1.82, 2.24) is 14.8 Å². The zero-order chi connectivity index (χ0) is 13.1. The van der Waals surface area contributed by atoms with Crippen molar-refractivity contribution in [3.63, 3.8) is 0 Å². The molecule has 1 saturated carbocycles. The lowest BCUT2D eigenvalue weighted by Gasteiger charge is -2.29. The van der Waals surface area contributed by atoms with Crippen LogP contribution in [0.4, 0.5) is 0 Å². The molecule has 5 nitrogen and oxygen atoms in total. The second-order valence-electron chi connectivity index (χ2n) is 4.87. The molecular weight excluding hydrogens is 248 g/mol. The average Bonchev–Trinajstić information content (AvgIpc) is 2.70. The number of aromatic nitrogens is 3. The van der Waals surface area contributed by atoms with Gasteiger partial charge >= 0.3 is 5.69 Å². The zero-order valence-corrected chi connectivity index (χ0v) is 11.5. The second kappa shape index (κ2) is 5.61. The average molecular weight is 266 g/mol. The van der Waals surface area contributed by atoms with Crippen LogP contribution in [0.15, 0.2) is 9.95 Å². The third kappa shape index (κ3) is 2.61. The molecular formula is C12H18N4OS. The fourth-order valence-electron chi connectivity index (χ4n) is 2.41. The molecule has 1 heterocycles. The number of nitriles is 1. The van der Waals surface area contributed by atoms with Crippen molar-refractivity contribution < 1.29 is 0 Å². The number of nitrogens with one attached hydrogen (secondary N) is 1. The SMILES string of the molecule is CCn1c(SC2CC(C)CCC2C#N)n[nH]c1=O. The van der Waals surface area contributed by atoms with E-state index in [-0.39, 0.29) is 16.9 Å². The molecule has 1 aliphatic carbocycles. The van der Waals surface area contributed by atoms with Crippen molar-refractivity contribution in [2.75, 3.05) is 0 Å². The van der Waals surface area contributed by atoms with Gasteiger partial charge < -0.3 is 0 Å². The van der Waals surface area contributed by atoms with Crippen LogP contribution >= 0.6 is 11.8 Å². The van der Waals surface area contributed by atoms with Gasteiger partial charge in [-0.2, -0.15) is 5.26 Å². The van der Waals surface area contributed by atoms with Crippen LogP contribution in [-0.4, -0.2) is 20.0 Å². The molecule has 0 amide bonds. The number of nitrogens with zero attached hydrogens (tertiary/aromatic N) is 3. The molecule has 1 aliphatic rings. The third-order valence-electron chi connectivity index (χ3n) is 3.52. The summed E-state index contributed by atoms with van der Waals surface area (Å²) < 4.78 is 1.62. The van der Waals surface area contributed by atoms with Crippen LogP contribution in [0.3, 0.4) is 0 Å². The van der Waals surface area contributed by atoms with Gasteiger partial charge in [0.15, 0.2) is 5.16 Å². The van der Waals surface area contributed by atoms with Crippen molar-refractivity contribution in [2.45, 2.75) is 50.1 Å². The minimum absolute atomic E-state index is 0.0725. The third-order valence-corrected chi connectivity index (χ3v) is 4.86. The Kier molecular flexibility index (Phi) is 4.12. The van der Waals surface area contributed by atoms with E-state index < -0.39 is 0 Å². The van der Waals surface area contributed by atoms with Crippen LogP contribution in [0.25, 0.3) is 0 Å². The number of rotatable bonds is 3. The van der Waals surface area contributed by atoms with Crippen LogP contribution in [0, 0.1) is 23.2 Å². The molecule has 98 valence electrons. The number of aromatic amines is 1. The first-order valence-electron chi connectivity index (χ1n) is 6.37. The largest absolute Gasteiger partial charge is 0.343 e. The molecule has 3 atom stereocenters.